The molecule has 0 spiro atoms. The summed E-state index contributed by atoms with van der Waals surface area (Å²) in [4.78, 5) is 11.5. The van der Waals surface area contributed by atoms with E-state index < -0.39 is 0 Å². The molecule has 0 heterocycles. The molecule has 2 aromatic carbocycles. The first-order chi connectivity index (χ1) is 10.2. The number of carbonyl (C=O) groups is 1. The molecule has 2 aromatic rings. The number of aryl methyl sites for hydroxylation is 1. The maximum Gasteiger partial charge on any atom is 0.162 e. The molecule has 0 atom stereocenters. The number of ether oxygens (including phenoxy) is 1. The number of hydrogen-bond donors (Lipinski definition) is 1. The van der Waals surface area contributed by atoms with Gasteiger partial charge in [-0.15, -0.1) is 0 Å². The monoisotopic (exact) mass is 283 g/mol. The van der Waals surface area contributed by atoms with Crippen molar-refractivity contribution in [2.45, 2.75) is 20.3 Å². The fraction of sp³-hybridized carbons (Fsp3) is 0.278. The van der Waals surface area contributed by atoms with Crippen molar-refractivity contribution in [3.05, 3.63) is 59.7 Å². The average Bonchev–Trinajstić information content (AvgIpc) is 2.51. The van der Waals surface area contributed by atoms with Gasteiger partial charge < -0.3 is 10.1 Å². The van der Waals surface area contributed by atoms with Crippen molar-refractivity contribution in [1.29, 1.82) is 0 Å². The van der Waals surface area contributed by atoms with Gasteiger partial charge in [-0.25, -0.2) is 0 Å². The van der Waals surface area contributed by atoms with Crippen LogP contribution >= 0.6 is 0 Å². The van der Waals surface area contributed by atoms with Crippen molar-refractivity contribution in [1.82, 2.24) is 0 Å². The Kier molecular flexibility index (Phi) is 5.38. The lowest BCUT2D eigenvalue weighted by Crippen LogP contribution is -2.11. The Hall–Kier alpha value is -2.29. The smallest absolute Gasteiger partial charge is 0.162 e. The van der Waals surface area contributed by atoms with E-state index in [1.807, 2.05) is 62.4 Å². The van der Waals surface area contributed by atoms with Crippen molar-refractivity contribution >= 4 is 11.5 Å². The summed E-state index contributed by atoms with van der Waals surface area (Å²) in [5.41, 5.74) is 2.95. The van der Waals surface area contributed by atoms with Gasteiger partial charge in [0.15, 0.2) is 5.78 Å². The van der Waals surface area contributed by atoms with E-state index >= 15 is 0 Å². The topological polar surface area (TPSA) is 38.3 Å². The predicted octanol–water partition coefficient (Wildman–Crippen LogP) is 4.08. The van der Waals surface area contributed by atoms with E-state index in [1.165, 1.54) is 5.56 Å². The van der Waals surface area contributed by atoms with E-state index in [9.17, 15) is 4.79 Å². The van der Waals surface area contributed by atoms with Gasteiger partial charge >= 0.3 is 0 Å². The summed E-state index contributed by atoms with van der Waals surface area (Å²) >= 11 is 0. The molecule has 0 saturated heterocycles. The van der Waals surface area contributed by atoms with Crippen molar-refractivity contribution in [3.63, 3.8) is 0 Å². The van der Waals surface area contributed by atoms with Gasteiger partial charge in [-0.2, -0.15) is 0 Å². The molecule has 0 aliphatic carbocycles. The quantitative estimate of drug-likeness (QED) is 0.614. The summed E-state index contributed by atoms with van der Waals surface area (Å²) in [6.07, 6.45) is 0.539. The van der Waals surface area contributed by atoms with Gasteiger partial charge in [-0.1, -0.05) is 19.1 Å². The molecule has 0 fully saturated rings. The zero-order chi connectivity index (χ0) is 15.1. The molecule has 0 bridgehead atoms. The largest absolute Gasteiger partial charge is 0.492 e. The number of Topliss-reactive ketones (excluding diaryl/α,β-unsaturated/α-hetero) is 1. The Balaban J connectivity index is 1.77. The van der Waals surface area contributed by atoms with E-state index in [0.717, 1.165) is 23.5 Å². The van der Waals surface area contributed by atoms with Crippen molar-refractivity contribution < 1.29 is 9.53 Å². The first-order valence-corrected chi connectivity index (χ1v) is 7.25. The molecule has 3 heteroatoms. The van der Waals surface area contributed by atoms with E-state index in [2.05, 4.69) is 5.32 Å². The molecule has 0 aromatic heterocycles. The van der Waals surface area contributed by atoms with E-state index in [0.29, 0.717) is 13.0 Å². The van der Waals surface area contributed by atoms with Crippen molar-refractivity contribution in [2.24, 2.45) is 0 Å². The van der Waals surface area contributed by atoms with E-state index in [1.54, 1.807) is 0 Å². The second kappa shape index (κ2) is 7.48. The molecule has 0 aliphatic heterocycles. The molecule has 0 saturated carbocycles. The minimum absolute atomic E-state index is 0.171. The molecule has 3 nitrogen and oxygen atoms in total. The molecule has 0 radical (unpaired) electrons. The molecular formula is C18H21NO2. The van der Waals surface area contributed by atoms with E-state index in [4.69, 9.17) is 4.74 Å². The van der Waals surface area contributed by atoms with Crippen LogP contribution in [0.3, 0.4) is 0 Å². The molecule has 0 aliphatic rings. The second-order valence-electron chi connectivity index (χ2n) is 4.95. The summed E-state index contributed by atoms with van der Waals surface area (Å²) in [7, 11) is 0. The van der Waals surface area contributed by atoms with Crippen LogP contribution in [0.5, 0.6) is 5.75 Å². The number of anilines is 1. The highest BCUT2D eigenvalue weighted by Crippen LogP contribution is 2.13. The predicted molar refractivity (Wildman–Crippen MR) is 86.2 cm³/mol. The molecular weight excluding hydrogens is 262 g/mol. The highest BCUT2D eigenvalue weighted by atomic mass is 16.5. The summed E-state index contributed by atoms with van der Waals surface area (Å²) in [6, 6.07) is 15.6. The number of rotatable bonds is 7. The molecule has 0 unspecified atom stereocenters. The third-order valence-corrected chi connectivity index (χ3v) is 3.22. The fourth-order valence-corrected chi connectivity index (χ4v) is 2.05. The Morgan fingerprint density at radius 1 is 1.14 bits per heavy atom. The molecule has 0 amide bonds. The number of nitrogens with one attached hydrogen (secondary N) is 1. The number of ketones is 1. The third kappa shape index (κ3) is 4.63. The molecule has 2 rings (SSSR count). The molecule has 1 N–H and O–H groups in total. The van der Waals surface area contributed by atoms with Crippen LogP contribution in [-0.4, -0.2) is 18.9 Å². The van der Waals surface area contributed by atoms with Crippen molar-refractivity contribution in [2.75, 3.05) is 18.5 Å². The number of benzene rings is 2. The van der Waals surface area contributed by atoms with Crippen LogP contribution in [0, 0.1) is 6.92 Å². The first kappa shape index (κ1) is 15.1. The van der Waals surface area contributed by atoms with Gasteiger partial charge in [0, 0.05) is 24.2 Å². The highest BCUT2D eigenvalue weighted by molar-refractivity contribution is 5.96. The van der Waals surface area contributed by atoms with Gasteiger partial charge in [0.1, 0.15) is 12.4 Å². The lowest BCUT2D eigenvalue weighted by atomic mass is 10.1. The SMILES string of the molecule is CCC(=O)c1ccc(NCCOc2cccc(C)c2)cc1. The Morgan fingerprint density at radius 2 is 1.90 bits per heavy atom. The van der Waals surface area contributed by atoms with Crippen LogP contribution in [0.1, 0.15) is 29.3 Å². The lowest BCUT2D eigenvalue weighted by molar-refractivity contribution is 0.0988. The zero-order valence-electron chi connectivity index (χ0n) is 12.6. The summed E-state index contributed by atoms with van der Waals surface area (Å²) in [5, 5.41) is 3.28. The first-order valence-electron chi connectivity index (χ1n) is 7.25. The van der Waals surface area contributed by atoms with E-state index in [-0.39, 0.29) is 5.78 Å². The van der Waals surface area contributed by atoms with Gasteiger partial charge in [-0.3, -0.25) is 4.79 Å². The highest BCUT2D eigenvalue weighted by Gasteiger charge is 2.02. The molecule has 21 heavy (non-hydrogen) atoms. The summed E-state index contributed by atoms with van der Waals surface area (Å²) < 4.78 is 5.67. The summed E-state index contributed by atoms with van der Waals surface area (Å²) in [5.74, 6) is 1.06. The Labute approximate surface area is 126 Å². The normalized spacial score (nSPS) is 10.2. The van der Waals surface area contributed by atoms with Gasteiger partial charge in [-0.05, 0) is 48.9 Å². The average molecular weight is 283 g/mol. The number of carbonyl (C=O) groups excluding carboxylic acids is 1. The van der Waals surface area contributed by atoms with Gasteiger partial charge in [0.2, 0.25) is 0 Å². The molecule has 110 valence electrons. The van der Waals surface area contributed by atoms with Gasteiger partial charge in [0.25, 0.3) is 0 Å². The third-order valence-electron chi connectivity index (χ3n) is 3.22. The number of hydrogen-bond acceptors (Lipinski definition) is 3. The van der Waals surface area contributed by atoms with Crippen LogP contribution < -0.4 is 10.1 Å². The fourth-order valence-electron chi connectivity index (χ4n) is 2.05. The zero-order valence-corrected chi connectivity index (χ0v) is 12.6. The van der Waals surface area contributed by atoms with Crippen LogP contribution in [0.4, 0.5) is 5.69 Å². The minimum atomic E-state index is 0.171. The standard InChI is InChI=1S/C18H21NO2/c1-3-18(20)15-7-9-16(10-8-15)19-11-12-21-17-6-4-5-14(2)13-17/h4-10,13,19H,3,11-12H2,1-2H3. The van der Waals surface area contributed by atoms with Crippen LogP contribution in [0.25, 0.3) is 0 Å². The Bertz CT molecular complexity index is 590. The lowest BCUT2D eigenvalue weighted by Gasteiger charge is -2.09. The summed E-state index contributed by atoms with van der Waals surface area (Å²) in [6.45, 7) is 5.23. The van der Waals surface area contributed by atoms with Crippen molar-refractivity contribution in [3.8, 4) is 5.75 Å². The maximum atomic E-state index is 11.5. The maximum absolute atomic E-state index is 11.5. The van der Waals surface area contributed by atoms with Crippen LogP contribution in [0.2, 0.25) is 0 Å². The van der Waals surface area contributed by atoms with Crippen LogP contribution in [0.15, 0.2) is 48.5 Å². The van der Waals surface area contributed by atoms with Crippen LogP contribution in [-0.2, 0) is 0 Å². The minimum Gasteiger partial charge on any atom is -0.492 e. The second-order valence-corrected chi connectivity index (χ2v) is 4.95. The Morgan fingerprint density at radius 3 is 2.57 bits per heavy atom. The van der Waals surface area contributed by atoms with Gasteiger partial charge in [0.05, 0.1) is 0 Å².